The fraction of sp³-hybridized carbons (Fsp3) is 0.400. The summed E-state index contributed by atoms with van der Waals surface area (Å²) in [6.45, 7) is 5.20. The molecule has 3 nitrogen and oxygen atoms in total. The van der Waals surface area contributed by atoms with Crippen molar-refractivity contribution in [1.82, 2.24) is 4.90 Å². The molecule has 0 bridgehead atoms. The number of rotatable bonds is 3. The van der Waals surface area contributed by atoms with Gasteiger partial charge in [-0.15, -0.1) is 0 Å². The summed E-state index contributed by atoms with van der Waals surface area (Å²) in [4.78, 5) is 2.55. The molecule has 2 heterocycles. The van der Waals surface area contributed by atoms with E-state index in [9.17, 15) is 0 Å². The maximum Gasteiger partial charge on any atom is 0.122 e. The average molecular weight is 309 g/mol. The highest BCUT2D eigenvalue weighted by Gasteiger charge is 2.23. The topological polar surface area (TPSA) is 21.7 Å². The molecule has 4 rings (SSSR count). The molecule has 2 aromatic rings. The summed E-state index contributed by atoms with van der Waals surface area (Å²) in [6.07, 6.45) is 2.13. The molecule has 23 heavy (non-hydrogen) atoms. The third-order valence-corrected chi connectivity index (χ3v) is 5.21. The predicted octanol–water partition coefficient (Wildman–Crippen LogP) is 3.75. The Bertz CT molecular complexity index is 726. The number of methoxy groups -OCH3 is 1. The van der Waals surface area contributed by atoms with E-state index in [-0.39, 0.29) is 0 Å². The van der Waals surface area contributed by atoms with Crippen LogP contribution in [0.3, 0.4) is 0 Å². The SMILES string of the molecule is COc1ccc2c(c1)CCN(C(C)c1ccc3c(c1)OCC3)C2. The van der Waals surface area contributed by atoms with Gasteiger partial charge in [0, 0.05) is 25.6 Å². The lowest BCUT2D eigenvalue weighted by Crippen LogP contribution is -2.32. The van der Waals surface area contributed by atoms with E-state index in [0.29, 0.717) is 6.04 Å². The van der Waals surface area contributed by atoms with E-state index < -0.39 is 0 Å². The number of fused-ring (bicyclic) bond motifs is 2. The zero-order valence-electron chi connectivity index (χ0n) is 13.8. The van der Waals surface area contributed by atoms with Gasteiger partial charge in [-0.05, 0) is 53.8 Å². The molecular formula is C20H23NO2. The van der Waals surface area contributed by atoms with Crippen molar-refractivity contribution in [1.29, 1.82) is 0 Å². The van der Waals surface area contributed by atoms with Crippen LogP contribution in [0.2, 0.25) is 0 Å². The first-order valence-electron chi connectivity index (χ1n) is 8.40. The van der Waals surface area contributed by atoms with Crippen LogP contribution >= 0.6 is 0 Å². The quantitative estimate of drug-likeness (QED) is 0.862. The molecule has 0 aliphatic carbocycles. The first-order chi connectivity index (χ1) is 11.2. The fourth-order valence-electron chi connectivity index (χ4n) is 3.66. The third-order valence-electron chi connectivity index (χ3n) is 5.21. The zero-order valence-corrected chi connectivity index (χ0v) is 13.8. The average Bonchev–Trinajstić information content (AvgIpc) is 3.07. The Morgan fingerprint density at radius 3 is 2.78 bits per heavy atom. The lowest BCUT2D eigenvalue weighted by molar-refractivity contribution is 0.191. The Morgan fingerprint density at radius 2 is 1.91 bits per heavy atom. The third kappa shape index (κ3) is 2.70. The molecule has 0 N–H and O–H groups in total. The first kappa shape index (κ1) is 14.6. The van der Waals surface area contributed by atoms with Crippen LogP contribution in [0.15, 0.2) is 36.4 Å². The van der Waals surface area contributed by atoms with E-state index in [4.69, 9.17) is 9.47 Å². The Kier molecular flexibility index (Phi) is 3.74. The van der Waals surface area contributed by atoms with E-state index in [1.165, 1.54) is 22.3 Å². The van der Waals surface area contributed by atoms with E-state index >= 15 is 0 Å². The molecule has 0 fully saturated rings. The van der Waals surface area contributed by atoms with Crippen LogP contribution < -0.4 is 9.47 Å². The van der Waals surface area contributed by atoms with Gasteiger partial charge in [-0.1, -0.05) is 18.2 Å². The van der Waals surface area contributed by atoms with Crippen LogP contribution in [0.25, 0.3) is 0 Å². The molecule has 1 atom stereocenters. The van der Waals surface area contributed by atoms with Crippen LogP contribution in [0, 0.1) is 0 Å². The summed E-state index contributed by atoms with van der Waals surface area (Å²) in [5, 5.41) is 0. The van der Waals surface area contributed by atoms with Crippen LogP contribution in [0.4, 0.5) is 0 Å². The molecule has 0 saturated heterocycles. The Labute approximate surface area is 137 Å². The van der Waals surface area contributed by atoms with Gasteiger partial charge < -0.3 is 9.47 Å². The fourth-order valence-corrected chi connectivity index (χ4v) is 3.66. The lowest BCUT2D eigenvalue weighted by atomic mass is 9.96. The van der Waals surface area contributed by atoms with E-state index in [0.717, 1.165) is 44.0 Å². The molecular weight excluding hydrogens is 286 g/mol. The maximum absolute atomic E-state index is 5.73. The Balaban J connectivity index is 1.54. The van der Waals surface area contributed by atoms with Crippen LogP contribution in [-0.2, 0) is 19.4 Å². The standard InChI is InChI=1S/C20H23NO2/c1-14(16-4-3-15-8-10-23-20(15)12-16)21-9-7-17-11-19(22-2)6-5-18(17)13-21/h3-6,11-12,14H,7-10,13H2,1-2H3. The molecule has 0 spiro atoms. The van der Waals surface area contributed by atoms with Gasteiger partial charge >= 0.3 is 0 Å². The number of benzene rings is 2. The van der Waals surface area contributed by atoms with Crippen molar-refractivity contribution in [2.45, 2.75) is 32.4 Å². The molecule has 120 valence electrons. The lowest BCUT2D eigenvalue weighted by Gasteiger charge is -2.34. The second-order valence-corrected chi connectivity index (χ2v) is 6.50. The van der Waals surface area contributed by atoms with Crippen molar-refractivity contribution in [3.05, 3.63) is 58.7 Å². The largest absolute Gasteiger partial charge is 0.497 e. The van der Waals surface area contributed by atoms with Gasteiger partial charge in [-0.3, -0.25) is 4.90 Å². The summed E-state index contributed by atoms with van der Waals surface area (Å²) in [6, 6.07) is 13.6. The Hall–Kier alpha value is -2.00. The predicted molar refractivity (Wildman–Crippen MR) is 91.2 cm³/mol. The smallest absolute Gasteiger partial charge is 0.122 e. The van der Waals surface area contributed by atoms with Crippen molar-refractivity contribution in [3.63, 3.8) is 0 Å². The molecule has 2 aromatic carbocycles. The van der Waals surface area contributed by atoms with Crippen LogP contribution in [0.5, 0.6) is 11.5 Å². The molecule has 0 radical (unpaired) electrons. The first-order valence-corrected chi connectivity index (χ1v) is 8.40. The summed E-state index contributed by atoms with van der Waals surface area (Å²) in [7, 11) is 1.73. The summed E-state index contributed by atoms with van der Waals surface area (Å²) in [5.41, 5.74) is 5.53. The summed E-state index contributed by atoms with van der Waals surface area (Å²) < 4.78 is 11.1. The van der Waals surface area contributed by atoms with Crippen molar-refractivity contribution in [3.8, 4) is 11.5 Å². The van der Waals surface area contributed by atoms with Crippen molar-refractivity contribution >= 4 is 0 Å². The molecule has 0 aromatic heterocycles. The summed E-state index contributed by atoms with van der Waals surface area (Å²) in [5.74, 6) is 2.04. The second kappa shape index (κ2) is 5.89. The molecule has 0 amide bonds. The molecule has 3 heteroatoms. The van der Waals surface area contributed by atoms with Gasteiger partial charge in [0.25, 0.3) is 0 Å². The number of nitrogens with zero attached hydrogens (tertiary/aromatic N) is 1. The van der Waals surface area contributed by atoms with Crippen molar-refractivity contribution in [2.75, 3.05) is 20.3 Å². The van der Waals surface area contributed by atoms with Gasteiger partial charge in [-0.25, -0.2) is 0 Å². The van der Waals surface area contributed by atoms with Gasteiger partial charge in [0.05, 0.1) is 13.7 Å². The highest BCUT2D eigenvalue weighted by molar-refractivity contribution is 5.41. The Morgan fingerprint density at radius 1 is 1.04 bits per heavy atom. The van der Waals surface area contributed by atoms with E-state index in [2.05, 4.69) is 48.2 Å². The van der Waals surface area contributed by atoms with Gasteiger partial charge in [0.1, 0.15) is 11.5 Å². The second-order valence-electron chi connectivity index (χ2n) is 6.50. The minimum absolute atomic E-state index is 0.403. The monoisotopic (exact) mass is 309 g/mol. The molecule has 2 aliphatic heterocycles. The number of ether oxygens (including phenoxy) is 2. The van der Waals surface area contributed by atoms with Gasteiger partial charge in [0.2, 0.25) is 0 Å². The van der Waals surface area contributed by atoms with E-state index in [1.54, 1.807) is 7.11 Å². The van der Waals surface area contributed by atoms with Crippen LogP contribution in [0.1, 0.15) is 35.2 Å². The van der Waals surface area contributed by atoms with Gasteiger partial charge in [0.15, 0.2) is 0 Å². The van der Waals surface area contributed by atoms with E-state index in [1.807, 2.05) is 0 Å². The minimum Gasteiger partial charge on any atom is -0.497 e. The van der Waals surface area contributed by atoms with Crippen LogP contribution in [-0.4, -0.2) is 25.2 Å². The molecule has 1 unspecified atom stereocenters. The normalized spacial score (nSPS) is 18.0. The van der Waals surface area contributed by atoms with Crippen molar-refractivity contribution in [2.24, 2.45) is 0 Å². The van der Waals surface area contributed by atoms with Gasteiger partial charge in [-0.2, -0.15) is 0 Å². The highest BCUT2D eigenvalue weighted by Crippen LogP contribution is 2.33. The molecule has 2 aliphatic rings. The molecule has 0 saturated carbocycles. The minimum atomic E-state index is 0.403. The number of hydrogen-bond acceptors (Lipinski definition) is 3. The van der Waals surface area contributed by atoms with Crippen molar-refractivity contribution < 1.29 is 9.47 Å². The summed E-state index contributed by atoms with van der Waals surface area (Å²) >= 11 is 0. The highest BCUT2D eigenvalue weighted by atomic mass is 16.5. The zero-order chi connectivity index (χ0) is 15.8. The maximum atomic E-state index is 5.73. The number of hydrogen-bond donors (Lipinski definition) is 0.